The van der Waals surface area contributed by atoms with Crippen LogP contribution in [-0.2, 0) is 11.3 Å². The van der Waals surface area contributed by atoms with E-state index in [2.05, 4.69) is 6.58 Å². The Labute approximate surface area is 129 Å². The standard InChI is InChI=1S/C19H18FNO/c1-2-13-19(20)17(16-11-7-4-8-12-16)21(18(19)22)14-15-9-5-3-6-10-15/h2-12,17H,1,13-14H2/t17-,19+/m0/s1. The maximum Gasteiger partial charge on any atom is 0.264 e. The number of nitrogens with zero attached hydrogens (tertiary/aromatic N) is 1. The van der Waals surface area contributed by atoms with Crippen molar-refractivity contribution in [1.82, 2.24) is 4.90 Å². The van der Waals surface area contributed by atoms with Gasteiger partial charge in [-0.3, -0.25) is 4.79 Å². The largest absolute Gasteiger partial charge is 0.325 e. The molecule has 2 atom stereocenters. The summed E-state index contributed by atoms with van der Waals surface area (Å²) in [4.78, 5) is 14.0. The highest BCUT2D eigenvalue weighted by atomic mass is 19.1. The number of halogens is 1. The van der Waals surface area contributed by atoms with Gasteiger partial charge in [-0.15, -0.1) is 6.58 Å². The molecular weight excluding hydrogens is 277 g/mol. The van der Waals surface area contributed by atoms with Crippen LogP contribution in [0.15, 0.2) is 73.3 Å². The van der Waals surface area contributed by atoms with Gasteiger partial charge in [0.1, 0.15) is 6.04 Å². The number of alkyl halides is 1. The fraction of sp³-hybridized carbons (Fsp3) is 0.211. The van der Waals surface area contributed by atoms with Gasteiger partial charge in [-0.25, -0.2) is 4.39 Å². The minimum atomic E-state index is -1.88. The maximum absolute atomic E-state index is 15.1. The lowest BCUT2D eigenvalue weighted by Crippen LogP contribution is -2.65. The van der Waals surface area contributed by atoms with Crippen molar-refractivity contribution in [3.05, 3.63) is 84.4 Å². The lowest BCUT2D eigenvalue weighted by atomic mass is 9.77. The molecule has 0 bridgehead atoms. The Hall–Kier alpha value is -2.42. The Balaban J connectivity index is 1.92. The summed E-state index contributed by atoms with van der Waals surface area (Å²) >= 11 is 0. The van der Waals surface area contributed by atoms with E-state index in [1.165, 1.54) is 6.08 Å². The number of β-lactam (4-membered cyclic amide) rings is 1. The zero-order valence-electron chi connectivity index (χ0n) is 12.3. The van der Waals surface area contributed by atoms with Crippen LogP contribution in [0.25, 0.3) is 0 Å². The van der Waals surface area contributed by atoms with Crippen molar-refractivity contribution in [1.29, 1.82) is 0 Å². The second-order valence-corrected chi connectivity index (χ2v) is 5.59. The summed E-state index contributed by atoms with van der Waals surface area (Å²) in [6.07, 6.45) is 1.52. The predicted molar refractivity (Wildman–Crippen MR) is 84.8 cm³/mol. The predicted octanol–water partition coefficient (Wildman–Crippen LogP) is 4.05. The van der Waals surface area contributed by atoms with Crippen molar-refractivity contribution in [2.75, 3.05) is 0 Å². The van der Waals surface area contributed by atoms with Crippen LogP contribution in [0.1, 0.15) is 23.6 Å². The molecule has 0 aromatic heterocycles. The van der Waals surface area contributed by atoms with E-state index >= 15 is 4.39 Å². The Kier molecular flexibility index (Phi) is 3.80. The van der Waals surface area contributed by atoms with E-state index in [1.54, 1.807) is 4.90 Å². The van der Waals surface area contributed by atoms with E-state index < -0.39 is 17.6 Å². The van der Waals surface area contributed by atoms with Gasteiger partial charge in [0.05, 0.1) is 0 Å². The van der Waals surface area contributed by atoms with Gasteiger partial charge >= 0.3 is 0 Å². The zero-order chi connectivity index (χ0) is 15.6. The minimum absolute atomic E-state index is 0.0384. The monoisotopic (exact) mass is 295 g/mol. The number of hydrogen-bond acceptors (Lipinski definition) is 1. The molecule has 22 heavy (non-hydrogen) atoms. The van der Waals surface area contributed by atoms with Gasteiger partial charge in [0, 0.05) is 13.0 Å². The average Bonchev–Trinajstić information content (AvgIpc) is 2.56. The molecule has 1 amide bonds. The zero-order valence-corrected chi connectivity index (χ0v) is 12.3. The summed E-state index contributed by atoms with van der Waals surface area (Å²) in [5.74, 6) is -0.454. The molecule has 1 aliphatic heterocycles. The summed E-state index contributed by atoms with van der Waals surface area (Å²) in [7, 11) is 0. The number of allylic oxidation sites excluding steroid dienone is 1. The molecule has 1 fully saturated rings. The second-order valence-electron chi connectivity index (χ2n) is 5.59. The summed E-state index contributed by atoms with van der Waals surface area (Å²) in [6, 6.07) is 18.5. The first kappa shape index (κ1) is 14.5. The van der Waals surface area contributed by atoms with Crippen LogP contribution in [-0.4, -0.2) is 16.5 Å². The first-order valence-electron chi connectivity index (χ1n) is 7.36. The van der Waals surface area contributed by atoms with Crippen LogP contribution in [0, 0.1) is 0 Å². The van der Waals surface area contributed by atoms with Crippen molar-refractivity contribution < 1.29 is 9.18 Å². The molecule has 2 nitrogen and oxygen atoms in total. The molecule has 3 heteroatoms. The van der Waals surface area contributed by atoms with Gasteiger partial charge in [-0.2, -0.15) is 0 Å². The molecule has 2 aromatic rings. The van der Waals surface area contributed by atoms with Crippen LogP contribution in [0.5, 0.6) is 0 Å². The van der Waals surface area contributed by atoms with Gasteiger partial charge in [-0.05, 0) is 11.1 Å². The maximum atomic E-state index is 15.1. The van der Waals surface area contributed by atoms with Gasteiger partial charge in [0.15, 0.2) is 0 Å². The fourth-order valence-electron chi connectivity index (χ4n) is 3.09. The Morgan fingerprint density at radius 3 is 2.27 bits per heavy atom. The number of rotatable bonds is 5. The molecule has 0 spiro atoms. The lowest BCUT2D eigenvalue weighted by molar-refractivity contribution is -0.178. The molecule has 0 unspecified atom stereocenters. The number of carbonyl (C=O) groups is 1. The number of amides is 1. The molecule has 112 valence electrons. The number of likely N-dealkylation sites (tertiary alicyclic amines) is 1. The third kappa shape index (κ3) is 2.33. The quantitative estimate of drug-likeness (QED) is 0.602. The highest BCUT2D eigenvalue weighted by Gasteiger charge is 2.61. The third-order valence-corrected chi connectivity index (χ3v) is 4.11. The van der Waals surface area contributed by atoms with Crippen LogP contribution in [0.4, 0.5) is 4.39 Å². The first-order valence-corrected chi connectivity index (χ1v) is 7.36. The van der Waals surface area contributed by atoms with Crippen molar-refractivity contribution >= 4 is 5.91 Å². The van der Waals surface area contributed by atoms with E-state index in [-0.39, 0.29) is 6.42 Å². The molecule has 3 rings (SSSR count). The molecule has 0 N–H and O–H groups in total. The van der Waals surface area contributed by atoms with Gasteiger partial charge in [0.25, 0.3) is 5.91 Å². The number of benzene rings is 2. The van der Waals surface area contributed by atoms with Crippen molar-refractivity contribution in [2.45, 2.75) is 24.7 Å². The molecule has 0 radical (unpaired) electrons. The van der Waals surface area contributed by atoms with E-state index in [0.717, 1.165) is 11.1 Å². The molecule has 2 aromatic carbocycles. The normalized spacial score (nSPS) is 24.0. The van der Waals surface area contributed by atoms with E-state index in [0.29, 0.717) is 6.54 Å². The van der Waals surface area contributed by atoms with Crippen LogP contribution in [0.3, 0.4) is 0 Å². The van der Waals surface area contributed by atoms with Gasteiger partial charge < -0.3 is 4.90 Å². The molecule has 1 aliphatic rings. The summed E-state index contributed by atoms with van der Waals surface area (Å²) in [5.41, 5.74) is -0.0578. The van der Waals surface area contributed by atoms with E-state index in [9.17, 15) is 4.79 Å². The molecule has 0 aliphatic carbocycles. The average molecular weight is 295 g/mol. The van der Waals surface area contributed by atoms with Crippen molar-refractivity contribution in [2.24, 2.45) is 0 Å². The first-order chi connectivity index (χ1) is 10.7. The lowest BCUT2D eigenvalue weighted by Gasteiger charge is -2.51. The van der Waals surface area contributed by atoms with Crippen molar-refractivity contribution in [3.8, 4) is 0 Å². The fourth-order valence-corrected chi connectivity index (χ4v) is 3.09. The Morgan fingerprint density at radius 2 is 1.68 bits per heavy atom. The minimum Gasteiger partial charge on any atom is -0.325 e. The molecule has 0 saturated carbocycles. The second kappa shape index (κ2) is 5.76. The highest BCUT2D eigenvalue weighted by Crippen LogP contribution is 2.49. The highest BCUT2D eigenvalue weighted by molar-refractivity contribution is 5.93. The summed E-state index contributed by atoms with van der Waals surface area (Å²) in [5, 5.41) is 0. The van der Waals surface area contributed by atoms with Crippen LogP contribution < -0.4 is 0 Å². The van der Waals surface area contributed by atoms with E-state index in [1.807, 2.05) is 60.7 Å². The van der Waals surface area contributed by atoms with Crippen molar-refractivity contribution in [3.63, 3.8) is 0 Å². The van der Waals surface area contributed by atoms with Gasteiger partial charge in [-0.1, -0.05) is 66.7 Å². The Bertz CT molecular complexity index is 670. The SMILES string of the molecule is C=CC[C@]1(F)C(=O)N(Cc2ccccc2)[C@H]1c1ccccc1. The number of hydrogen-bond donors (Lipinski definition) is 0. The Morgan fingerprint density at radius 1 is 1.09 bits per heavy atom. The molecule has 1 heterocycles. The topological polar surface area (TPSA) is 20.3 Å². The smallest absolute Gasteiger partial charge is 0.264 e. The number of carbonyl (C=O) groups excluding carboxylic acids is 1. The molecule has 1 saturated heterocycles. The van der Waals surface area contributed by atoms with Gasteiger partial charge in [0.2, 0.25) is 5.67 Å². The third-order valence-electron chi connectivity index (χ3n) is 4.11. The van der Waals surface area contributed by atoms with E-state index in [4.69, 9.17) is 0 Å². The van der Waals surface area contributed by atoms with Crippen LogP contribution >= 0.6 is 0 Å². The summed E-state index contributed by atoms with van der Waals surface area (Å²) in [6.45, 7) is 4.01. The molecular formula is C19H18FNO. The summed E-state index contributed by atoms with van der Waals surface area (Å²) < 4.78 is 15.1. The van der Waals surface area contributed by atoms with Crippen LogP contribution in [0.2, 0.25) is 0 Å².